The van der Waals surface area contributed by atoms with E-state index in [2.05, 4.69) is 14.9 Å². The number of azide groups is 1. The van der Waals surface area contributed by atoms with Crippen molar-refractivity contribution in [2.45, 2.75) is 13.8 Å². The van der Waals surface area contributed by atoms with Crippen LogP contribution in [0.5, 0.6) is 0 Å². The Balaban J connectivity index is 2.57. The smallest absolute Gasteiger partial charge is 0.347 e. The molecule has 1 amide bonds. The number of hydrogen-bond donors (Lipinski definition) is 0. The minimum Gasteiger partial charge on any atom is -0.422 e. The largest absolute Gasteiger partial charge is 0.422 e. The second kappa shape index (κ2) is 6.11. The molecular weight excluding hydrogens is 272 g/mol. The van der Waals surface area contributed by atoms with Gasteiger partial charge in [-0.3, -0.25) is 4.79 Å². The maximum atomic E-state index is 11.8. The normalized spacial score (nSPS) is 10.2. The van der Waals surface area contributed by atoms with Gasteiger partial charge in [0.05, 0.1) is 0 Å². The van der Waals surface area contributed by atoms with Crippen LogP contribution in [-0.4, -0.2) is 19.0 Å². The molecule has 0 spiro atoms. The van der Waals surface area contributed by atoms with Gasteiger partial charge in [-0.05, 0) is 42.7 Å². The fourth-order valence-corrected chi connectivity index (χ4v) is 2.13. The molecule has 0 saturated heterocycles. The van der Waals surface area contributed by atoms with Gasteiger partial charge in [0, 0.05) is 35.1 Å². The van der Waals surface area contributed by atoms with Crippen molar-refractivity contribution in [1.29, 1.82) is 0 Å². The fraction of sp³-hybridized carbons (Fsp3) is 0.286. The van der Waals surface area contributed by atoms with E-state index in [0.717, 1.165) is 18.8 Å². The highest BCUT2D eigenvalue weighted by Crippen LogP contribution is 2.22. The minimum atomic E-state index is -0.944. The molecule has 0 aliphatic rings. The lowest BCUT2D eigenvalue weighted by Crippen LogP contribution is -2.21. The summed E-state index contributed by atoms with van der Waals surface area (Å²) >= 11 is 0. The van der Waals surface area contributed by atoms with Crippen molar-refractivity contribution >= 4 is 22.6 Å². The molecule has 1 aromatic heterocycles. The lowest BCUT2D eigenvalue weighted by molar-refractivity contribution is 0.0997. The summed E-state index contributed by atoms with van der Waals surface area (Å²) in [6.45, 7) is 5.73. The summed E-state index contributed by atoms with van der Waals surface area (Å²) < 4.78 is 5.15. The average molecular weight is 286 g/mol. The summed E-state index contributed by atoms with van der Waals surface area (Å²) in [5.41, 5.74) is 8.50. The van der Waals surface area contributed by atoms with Gasteiger partial charge in [-0.1, -0.05) is 0 Å². The van der Waals surface area contributed by atoms with Crippen LogP contribution >= 0.6 is 0 Å². The third kappa shape index (κ3) is 2.88. The molecule has 0 radical (unpaired) electrons. The Morgan fingerprint density at radius 2 is 2.05 bits per heavy atom. The maximum Gasteiger partial charge on any atom is 0.347 e. The number of anilines is 1. The quantitative estimate of drug-likeness (QED) is 0.373. The first-order valence-corrected chi connectivity index (χ1v) is 6.53. The zero-order chi connectivity index (χ0) is 15.4. The molecule has 7 nitrogen and oxygen atoms in total. The van der Waals surface area contributed by atoms with E-state index in [1.165, 1.54) is 6.07 Å². The molecule has 2 rings (SSSR count). The van der Waals surface area contributed by atoms with Crippen LogP contribution in [0, 0.1) is 0 Å². The van der Waals surface area contributed by atoms with Crippen molar-refractivity contribution < 1.29 is 9.21 Å². The number of nitrogens with zero attached hydrogens (tertiary/aromatic N) is 4. The van der Waals surface area contributed by atoms with E-state index >= 15 is 0 Å². The Labute approximate surface area is 120 Å². The van der Waals surface area contributed by atoms with E-state index in [0.29, 0.717) is 11.0 Å². The SMILES string of the molecule is CCN(CC)c1ccc2cc(C(=O)N=[N+]=[N-])c(=O)oc2c1. The van der Waals surface area contributed by atoms with Gasteiger partial charge in [0.2, 0.25) is 0 Å². The average Bonchev–Trinajstić information content (AvgIpc) is 2.48. The molecule has 0 saturated carbocycles. The van der Waals surface area contributed by atoms with Gasteiger partial charge in [0.25, 0.3) is 5.91 Å². The van der Waals surface area contributed by atoms with E-state index in [9.17, 15) is 9.59 Å². The van der Waals surface area contributed by atoms with Gasteiger partial charge in [0.15, 0.2) is 0 Å². The molecule has 7 heteroatoms. The van der Waals surface area contributed by atoms with Crippen molar-refractivity contribution in [3.8, 4) is 0 Å². The maximum absolute atomic E-state index is 11.8. The molecular formula is C14H14N4O3. The van der Waals surface area contributed by atoms with Gasteiger partial charge in [0.1, 0.15) is 11.1 Å². The second-order valence-electron chi connectivity index (χ2n) is 4.34. The van der Waals surface area contributed by atoms with Gasteiger partial charge in [-0.25, -0.2) is 4.79 Å². The molecule has 0 aliphatic heterocycles. The van der Waals surface area contributed by atoms with E-state index < -0.39 is 11.5 Å². The number of benzene rings is 1. The lowest BCUT2D eigenvalue weighted by atomic mass is 10.1. The van der Waals surface area contributed by atoms with Crippen molar-refractivity contribution in [2.24, 2.45) is 5.11 Å². The zero-order valence-corrected chi connectivity index (χ0v) is 11.7. The third-order valence-electron chi connectivity index (χ3n) is 3.21. The van der Waals surface area contributed by atoms with Gasteiger partial charge in [-0.2, -0.15) is 0 Å². The Morgan fingerprint density at radius 3 is 2.67 bits per heavy atom. The highest BCUT2D eigenvalue weighted by Gasteiger charge is 2.13. The molecule has 1 aromatic carbocycles. The fourth-order valence-electron chi connectivity index (χ4n) is 2.13. The first-order valence-electron chi connectivity index (χ1n) is 6.53. The highest BCUT2D eigenvalue weighted by atomic mass is 16.4. The van der Waals surface area contributed by atoms with E-state index in [1.807, 2.05) is 19.9 Å². The van der Waals surface area contributed by atoms with Crippen molar-refractivity contribution in [1.82, 2.24) is 0 Å². The number of rotatable bonds is 4. The summed E-state index contributed by atoms with van der Waals surface area (Å²) in [7, 11) is 0. The monoisotopic (exact) mass is 286 g/mol. The summed E-state index contributed by atoms with van der Waals surface area (Å²) in [5, 5.41) is 3.51. The Bertz CT molecular complexity index is 786. The minimum absolute atomic E-state index is 0.268. The Kier molecular flexibility index (Phi) is 4.25. The Morgan fingerprint density at radius 1 is 1.33 bits per heavy atom. The van der Waals surface area contributed by atoms with E-state index in [-0.39, 0.29) is 5.56 Å². The summed E-state index contributed by atoms with van der Waals surface area (Å²) in [6, 6.07) is 6.78. The topological polar surface area (TPSA) is 99.3 Å². The van der Waals surface area contributed by atoms with E-state index in [4.69, 9.17) is 9.95 Å². The predicted molar refractivity (Wildman–Crippen MR) is 79.5 cm³/mol. The van der Waals surface area contributed by atoms with Crippen molar-refractivity contribution in [3.05, 3.63) is 50.7 Å². The van der Waals surface area contributed by atoms with Gasteiger partial charge >= 0.3 is 5.63 Å². The van der Waals surface area contributed by atoms with Crippen LogP contribution in [0.25, 0.3) is 21.4 Å². The number of carbonyl (C=O) groups is 1. The molecule has 1 heterocycles. The summed E-state index contributed by atoms with van der Waals surface area (Å²) in [6.07, 6.45) is 0. The second-order valence-corrected chi connectivity index (χ2v) is 4.34. The molecule has 0 bridgehead atoms. The van der Waals surface area contributed by atoms with Crippen LogP contribution in [0.2, 0.25) is 0 Å². The number of fused-ring (bicyclic) bond motifs is 1. The molecule has 0 unspecified atom stereocenters. The lowest BCUT2D eigenvalue weighted by Gasteiger charge is -2.20. The predicted octanol–water partition coefficient (Wildman–Crippen LogP) is 3.09. The molecule has 21 heavy (non-hydrogen) atoms. The van der Waals surface area contributed by atoms with Crippen LogP contribution < -0.4 is 10.5 Å². The Hall–Kier alpha value is -2.79. The number of carbonyl (C=O) groups excluding carboxylic acids is 1. The van der Waals surface area contributed by atoms with Crippen LogP contribution in [0.4, 0.5) is 5.69 Å². The molecule has 0 fully saturated rings. The standard InChI is InChI=1S/C14H14N4O3/c1-3-18(4-2)10-6-5-9-7-11(13(19)16-17-15)14(20)21-12(9)8-10/h5-8H,3-4H2,1-2H3. The van der Waals surface area contributed by atoms with Crippen molar-refractivity contribution in [2.75, 3.05) is 18.0 Å². The van der Waals surface area contributed by atoms with Crippen LogP contribution in [0.3, 0.4) is 0 Å². The van der Waals surface area contributed by atoms with Crippen LogP contribution in [0.1, 0.15) is 24.2 Å². The van der Waals surface area contributed by atoms with Gasteiger partial charge < -0.3 is 9.32 Å². The first-order chi connectivity index (χ1) is 10.1. The highest BCUT2D eigenvalue weighted by molar-refractivity contribution is 5.97. The first kappa shape index (κ1) is 14.6. The van der Waals surface area contributed by atoms with Crippen LogP contribution in [0.15, 0.2) is 38.6 Å². The van der Waals surface area contributed by atoms with Crippen LogP contribution in [-0.2, 0) is 0 Å². The molecule has 108 valence electrons. The summed E-state index contributed by atoms with van der Waals surface area (Å²) in [5.74, 6) is -0.944. The molecule has 2 aromatic rings. The summed E-state index contributed by atoms with van der Waals surface area (Å²) in [4.78, 5) is 27.8. The van der Waals surface area contributed by atoms with E-state index in [1.54, 1.807) is 12.1 Å². The third-order valence-corrected chi connectivity index (χ3v) is 3.21. The molecule has 0 aliphatic carbocycles. The van der Waals surface area contributed by atoms with Gasteiger partial charge in [-0.15, -0.1) is 0 Å². The van der Waals surface area contributed by atoms with Crippen molar-refractivity contribution in [3.63, 3.8) is 0 Å². The number of hydrogen-bond acceptors (Lipinski definition) is 4. The zero-order valence-electron chi connectivity index (χ0n) is 11.7. The number of amides is 1. The molecule has 0 atom stereocenters. The molecule has 0 N–H and O–H groups in total.